The molecular formula is C17H24O. The van der Waals surface area contributed by atoms with Gasteiger partial charge >= 0.3 is 0 Å². The minimum atomic E-state index is 0.739. The van der Waals surface area contributed by atoms with Gasteiger partial charge in [0.15, 0.2) is 0 Å². The fourth-order valence-electron chi connectivity index (χ4n) is 4.20. The van der Waals surface area contributed by atoms with E-state index in [4.69, 9.17) is 4.74 Å². The lowest BCUT2D eigenvalue weighted by atomic mass is 9.70. The molecule has 0 heterocycles. The van der Waals surface area contributed by atoms with Crippen LogP contribution in [0.4, 0.5) is 0 Å². The Hall–Kier alpha value is -0.980. The molecule has 0 amide bonds. The highest BCUT2D eigenvalue weighted by atomic mass is 16.5. The van der Waals surface area contributed by atoms with E-state index in [9.17, 15) is 0 Å². The molecule has 1 aromatic rings. The number of fused-ring (bicyclic) bond motifs is 1. The molecule has 0 N–H and O–H groups in total. The maximum atomic E-state index is 5.34. The molecular weight excluding hydrogens is 220 g/mol. The van der Waals surface area contributed by atoms with Crippen LogP contribution in [0.3, 0.4) is 0 Å². The molecule has 0 bridgehead atoms. The minimum Gasteiger partial charge on any atom is -0.497 e. The number of hydrogen-bond acceptors (Lipinski definition) is 1. The van der Waals surface area contributed by atoms with Crippen LogP contribution in [0.1, 0.15) is 56.1 Å². The maximum Gasteiger partial charge on any atom is 0.119 e. The number of aryl methyl sites for hydroxylation is 1. The average molecular weight is 244 g/mol. The van der Waals surface area contributed by atoms with Gasteiger partial charge in [0.1, 0.15) is 5.75 Å². The molecule has 0 saturated heterocycles. The first-order valence-electron chi connectivity index (χ1n) is 7.46. The van der Waals surface area contributed by atoms with Crippen LogP contribution in [0.15, 0.2) is 18.2 Å². The topological polar surface area (TPSA) is 9.23 Å². The molecule has 1 aromatic carbocycles. The summed E-state index contributed by atoms with van der Waals surface area (Å²) in [5.41, 5.74) is 3.11. The van der Waals surface area contributed by atoms with Crippen molar-refractivity contribution in [3.05, 3.63) is 29.3 Å². The summed E-state index contributed by atoms with van der Waals surface area (Å²) in [7, 11) is 1.76. The zero-order valence-electron chi connectivity index (χ0n) is 11.6. The second-order valence-corrected chi connectivity index (χ2v) is 6.10. The summed E-state index contributed by atoms with van der Waals surface area (Å²) < 4.78 is 5.34. The first-order valence-corrected chi connectivity index (χ1v) is 7.46. The van der Waals surface area contributed by atoms with Crippen LogP contribution in [-0.2, 0) is 6.42 Å². The number of ether oxygens (including phenoxy) is 1. The molecule has 0 spiro atoms. The van der Waals surface area contributed by atoms with E-state index < -0.39 is 0 Å². The third-order valence-corrected chi connectivity index (χ3v) is 5.24. The summed E-state index contributed by atoms with van der Waals surface area (Å²) in [6.07, 6.45) is 8.50. The zero-order valence-corrected chi connectivity index (χ0v) is 11.6. The van der Waals surface area contributed by atoms with Gasteiger partial charge < -0.3 is 4.74 Å². The molecule has 0 radical (unpaired) electrons. The third kappa shape index (κ3) is 2.04. The second-order valence-electron chi connectivity index (χ2n) is 6.10. The Morgan fingerprint density at radius 1 is 1.11 bits per heavy atom. The van der Waals surface area contributed by atoms with Crippen molar-refractivity contribution >= 4 is 0 Å². The van der Waals surface area contributed by atoms with Crippen molar-refractivity contribution in [3.63, 3.8) is 0 Å². The quantitative estimate of drug-likeness (QED) is 0.741. The lowest BCUT2D eigenvalue weighted by molar-refractivity contribution is 0.263. The van der Waals surface area contributed by atoms with Crippen molar-refractivity contribution in [2.24, 2.45) is 11.8 Å². The van der Waals surface area contributed by atoms with E-state index in [1.807, 2.05) is 0 Å². The monoisotopic (exact) mass is 244 g/mol. The van der Waals surface area contributed by atoms with E-state index in [-0.39, 0.29) is 0 Å². The second kappa shape index (κ2) is 4.95. The van der Waals surface area contributed by atoms with Crippen molar-refractivity contribution in [1.82, 2.24) is 0 Å². The summed E-state index contributed by atoms with van der Waals surface area (Å²) in [5.74, 6) is 3.67. The summed E-state index contributed by atoms with van der Waals surface area (Å²) in [5, 5.41) is 0. The molecule has 1 fully saturated rings. The molecule has 1 nitrogen and oxygen atoms in total. The van der Waals surface area contributed by atoms with Crippen LogP contribution in [-0.4, -0.2) is 7.11 Å². The van der Waals surface area contributed by atoms with Gasteiger partial charge in [-0.05, 0) is 53.9 Å². The van der Waals surface area contributed by atoms with Crippen LogP contribution < -0.4 is 4.74 Å². The molecule has 18 heavy (non-hydrogen) atoms. The van der Waals surface area contributed by atoms with Gasteiger partial charge in [-0.2, -0.15) is 0 Å². The molecule has 0 unspecified atom stereocenters. The largest absolute Gasteiger partial charge is 0.497 e. The first-order chi connectivity index (χ1) is 8.79. The standard InChI is InChI=1S/C17H24O/c1-12-16(13-5-3-4-6-13)9-7-14-11-15(18-2)8-10-17(12)14/h8,10-13,16H,3-7,9H2,1-2H3/t12-,16-/m0/s1. The van der Waals surface area contributed by atoms with Gasteiger partial charge in [0.2, 0.25) is 0 Å². The van der Waals surface area contributed by atoms with E-state index in [1.165, 1.54) is 44.1 Å². The predicted octanol–water partition coefficient (Wildman–Crippen LogP) is 4.55. The highest BCUT2D eigenvalue weighted by molar-refractivity contribution is 5.39. The van der Waals surface area contributed by atoms with Crippen LogP contribution >= 0.6 is 0 Å². The molecule has 1 heteroatoms. The van der Waals surface area contributed by atoms with Gasteiger partial charge in [-0.3, -0.25) is 0 Å². The molecule has 2 aliphatic carbocycles. The summed E-state index contributed by atoms with van der Waals surface area (Å²) in [6, 6.07) is 6.68. The van der Waals surface area contributed by atoms with Gasteiger partial charge in [-0.15, -0.1) is 0 Å². The summed E-state index contributed by atoms with van der Waals surface area (Å²) >= 11 is 0. The Morgan fingerprint density at radius 2 is 1.89 bits per heavy atom. The number of hydrogen-bond donors (Lipinski definition) is 0. The normalized spacial score (nSPS) is 28.1. The Labute approximate surface area is 111 Å². The number of rotatable bonds is 2. The Kier molecular flexibility index (Phi) is 3.32. The first kappa shape index (κ1) is 12.1. The molecule has 98 valence electrons. The molecule has 3 rings (SSSR count). The predicted molar refractivity (Wildman–Crippen MR) is 75.2 cm³/mol. The van der Waals surface area contributed by atoms with E-state index in [0.29, 0.717) is 0 Å². The molecule has 0 aliphatic heterocycles. The Balaban J connectivity index is 1.84. The van der Waals surface area contributed by atoms with Gasteiger partial charge in [-0.25, -0.2) is 0 Å². The Morgan fingerprint density at radius 3 is 2.61 bits per heavy atom. The van der Waals surface area contributed by atoms with E-state index >= 15 is 0 Å². The van der Waals surface area contributed by atoms with Crippen LogP contribution in [0.25, 0.3) is 0 Å². The van der Waals surface area contributed by atoms with Crippen LogP contribution in [0.5, 0.6) is 5.75 Å². The smallest absolute Gasteiger partial charge is 0.119 e. The van der Waals surface area contributed by atoms with Gasteiger partial charge in [0.25, 0.3) is 0 Å². The van der Waals surface area contributed by atoms with E-state index in [1.54, 1.807) is 12.7 Å². The van der Waals surface area contributed by atoms with Crippen molar-refractivity contribution in [2.75, 3.05) is 7.11 Å². The lowest BCUT2D eigenvalue weighted by Crippen LogP contribution is -2.24. The zero-order chi connectivity index (χ0) is 12.5. The van der Waals surface area contributed by atoms with Gasteiger partial charge in [0.05, 0.1) is 7.11 Å². The van der Waals surface area contributed by atoms with E-state index in [0.717, 1.165) is 23.5 Å². The van der Waals surface area contributed by atoms with Crippen molar-refractivity contribution in [3.8, 4) is 5.75 Å². The summed E-state index contributed by atoms with van der Waals surface area (Å²) in [6.45, 7) is 2.44. The minimum absolute atomic E-state index is 0.739. The average Bonchev–Trinajstić information content (AvgIpc) is 2.92. The lowest BCUT2D eigenvalue weighted by Gasteiger charge is -2.35. The Bertz CT molecular complexity index is 418. The number of methoxy groups -OCH3 is 1. The van der Waals surface area contributed by atoms with Gasteiger partial charge in [-0.1, -0.05) is 38.7 Å². The fraction of sp³-hybridized carbons (Fsp3) is 0.647. The van der Waals surface area contributed by atoms with Crippen molar-refractivity contribution in [1.29, 1.82) is 0 Å². The molecule has 2 aliphatic rings. The SMILES string of the molecule is COc1ccc2c(c1)CC[C@H](C1CCCC1)[C@@H]2C. The number of benzene rings is 1. The maximum absolute atomic E-state index is 5.34. The van der Waals surface area contributed by atoms with Crippen LogP contribution in [0, 0.1) is 11.8 Å². The highest BCUT2D eigenvalue weighted by Crippen LogP contribution is 2.45. The highest BCUT2D eigenvalue weighted by Gasteiger charge is 2.33. The molecule has 2 atom stereocenters. The third-order valence-electron chi connectivity index (χ3n) is 5.24. The molecule has 0 aromatic heterocycles. The van der Waals surface area contributed by atoms with Crippen molar-refractivity contribution < 1.29 is 4.74 Å². The fourth-order valence-corrected chi connectivity index (χ4v) is 4.20. The summed E-state index contributed by atoms with van der Waals surface area (Å²) in [4.78, 5) is 0. The molecule has 1 saturated carbocycles. The van der Waals surface area contributed by atoms with Gasteiger partial charge in [0, 0.05) is 0 Å². The van der Waals surface area contributed by atoms with E-state index in [2.05, 4.69) is 25.1 Å². The van der Waals surface area contributed by atoms with Crippen molar-refractivity contribution in [2.45, 2.75) is 51.4 Å². The van der Waals surface area contributed by atoms with Crippen LogP contribution in [0.2, 0.25) is 0 Å².